The molecule has 1 heterocycles. The Morgan fingerprint density at radius 1 is 1.36 bits per heavy atom. The minimum atomic E-state index is -2.85. The summed E-state index contributed by atoms with van der Waals surface area (Å²) in [5, 5.41) is 3.27. The van der Waals surface area contributed by atoms with Gasteiger partial charge in [0.05, 0.1) is 0 Å². The van der Waals surface area contributed by atoms with Crippen molar-refractivity contribution in [2.45, 2.75) is 26.4 Å². The lowest BCUT2D eigenvalue weighted by Crippen LogP contribution is -2.31. The number of alkyl halides is 2. The molecule has 1 saturated heterocycles. The molecule has 0 spiro atoms. The lowest BCUT2D eigenvalue weighted by atomic mass is 10.2. The number of unbranched alkanes of at least 4 members (excludes halogenated alkanes) is 1. The van der Waals surface area contributed by atoms with E-state index in [1.807, 2.05) is 6.92 Å². The predicted octanol–water partition coefficient (Wildman–Crippen LogP) is 3.15. The highest BCUT2D eigenvalue weighted by atomic mass is 32.1. The van der Waals surface area contributed by atoms with Crippen molar-refractivity contribution in [2.24, 2.45) is 0 Å². The van der Waals surface area contributed by atoms with Crippen LogP contribution in [0.15, 0.2) is 30.0 Å². The summed E-state index contributed by atoms with van der Waals surface area (Å²) in [6.45, 7) is -0.233. The van der Waals surface area contributed by atoms with Gasteiger partial charge in [0.1, 0.15) is 11.4 Å². The molecule has 1 aromatic carbocycles. The predicted molar refractivity (Wildman–Crippen MR) is 83.4 cm³/mol. The van der Waals surface area contributed by atoms with E-state index < -0.39 is 6.61 Å². The first-order chi connectivity index (χ1) is 10.5. The molecule has 1 fully saturated rings. The van der Waals surface area contributed by atoms with Gasteiger partial charge in [0, 0.05) is 6.54 Å². The molecule has 0 unspecified atom stereocenters. The topological polar surface area (TPSA) is 41.6 Å². The molecular formula is C15H16F2N2O2S. The molecular weight excluding hydrogens is 310 g/mol. The third kappa shape index (κ3) is 4.00. The molecule has 0 saturated carbocycles. The molecule has 1 amide bonds. The number of hydrogen-bond donors (Lipinski definition) is 1. The Bertz CT molecular complexity index is 588. The lowest BCUT2D eigenvalue weighted by Gasteiger charge is -2.12. The average molecular weight is 326 g/mol. The van der Waals surface area contributed by atoms with Gasteiger partial charge in [-0.3, -0.25) is 9.69 Å². The molecule has 0 aliphatic carbocycles. The maximum atomic E-state index is 12.2. The van der Waals surface area contributed by atoms with Crippen molar-refractivity contribution in [1.29, 1.82) is 0 Å². The van der Waals surface area contributed by atoms with E-state index in [-0.39, 0.29) is 11.7 Å². The summed E-state index contributed by atoms with van der Waals surface area (Å²) in [5.41, 5.74) is 1.07. The molecule has 1 aliphatic rings. The van der Waals surface area contributed by atoms with Crippen LogP contribution in [0.2, 0.25) is 0 Å². The van der Waals surface area contributed by atoms with Crippen molar-refractivity contribution in [3.63, 3.8) is 0 Å². The summed E-state index contributed by atoms with van der Waals surface area (Å²) in [7, 11) is 0. The smallest absolute Gasteiger partial charge is 0.387 e. The van der Waals surface area contributed by atoms with Crippen molar-refractivity contribution in [1.82, 2.24) is 10.2 Å². The van der Waals surface area contributed by atoms with Gasteiger partial charge in [-0.2, -0.15) is 8.78 Å². The molecule has 1 N–H and O–H groups in total. The second-order valence-electron chi connectivity index (χ2n) is 4.75. The van der Waals surface area contributed by atoms with Gasteiger partial charge in [-0.05, 0) is 42.4 Å². The number of hydrogen-bond acceptors (Lipinski definition) is 3. The third-order valence-electron chi connectivity index (χ3n) is 3.11. The largest absolute Gasteiger partial charge is 0.435 e. The van der Waals surface area contributed by atoms with Crippen molar-refractivity contribution in [3.8, 4) is 5.75 Å². The molecule has 7 heteroatoms. The fraction of sp³-hybridized carbons (Fsp3) is 0.333. The standard InChI is InChI=1S/C15H16F2N2O2S/c1-2-3-8-19-13(20)12(18-15(19)22)9-10-4-6-11(7-5-10)21-14(16)17/h4-7,9,14H,2-3,8H2,1H3,(H,18,22). The molecule has 0 atom stereocenters. The fourth-order valence-electron chi connectivity index (χ4n) is 2.00. The van der Waals surface area contributed by atoms with Gasteiger partial charge in [-0.25, -0.2) is 0 Å². The van der Waals surface area contributed by atoms with Gasteiger partial charge in [-0.1, -0.05) is 25.5 Å². The third-order valence-corrected chi connectivity index (χ3v) is 3.44. The molecule has 118 valence electrons. The van der Waals surface area contributed by atoms with Gasteiger partial charge in [0.25, 0.3) is 5.91 Å². The van der Waals surface area contributed by atoms with E-state index in [4.69, 9.17) is 12.2 Å². The van der Waals surface area contributed by atoms with Crippen LogP contribution in [0, 0.1) is 0 Å². The highest BCUT2D eigenvalue weighted by Gasteiger charge is 2.29. The number of thiocarbonyl (C=S) groups is 1. The van der Waals surface area contributed by atoms with Crippen molar-refractivity contribution < 1.29 is 18.3 Å². The number of halogens is 2. The van der Waals surface area contributed by atoms with E-state index in [1.54, 1.807) is 18.2 Å². The van der Waals surface area contributed by atoms with E-state index in [2.05, 4.69) is 10.1 Å². The van der Waals surface area contributed by atoms with E-state index in [9.17, 15) is 13.6 Å². The molecule has 2 rings (SSSR count). The molecule has 22 heavy (non-hydrogen) atoms. The Hall–Kier alpha value is -2.02. The number of nitrogens with zero attached hydrogens (tertiary/aromatic N) is 1. The first kappa shape index (κ1) is 16.4. The number of amides is 1. The normalized spacial score (nSPS) is 16.5. The molecule has 0 radical (unpaired) electrons. The van der Waals surface area contributed by atoms with Crippen LogP contribution in [0.5, 0.6) is 5.75 Å². The van der Waals surface area contributed by atoms with Crippen LogP contribution in [0.1, 0.15) is 25.3 Å². The van der Waals surface area contributed by atoms with Gasteiger partial charge in [0.15, 0.2) is 5.11 Å². The van der Waals surface area contributed by atoms with Crippen LogP contribution in [-0.2, 0) is 4.79 Å². The first-order valence-electron chi connectivity index (χ1n) is 6.90. The maximum Gasteiger partial charge on any atom is 0.387 e. The van der Waals surface area contributed by atoms with Crippen LogP contribution < -0.4 is 10.1 Å². The molecule has 1 aromatic rings. The summed E-state index contributed by atoms with van der Waals surface area (Å²) in [5.74, 6) is -0.102. The summed E-state index contributed by atoms with van der Waals surface area (Å²) < 4.78 is 28.4. The zero-order valence-electron chi connectivity index (χ0n) is 12.0. The van der Waals surface area contributed by atoms with Crippen LogP contribution >= 0.6 is 12.2 Å². The SMILES string of the molecule is CCCCN1C(=O)C(=Cc2ccc(OC(F)F)cc2)NC1=S. The highest BCUT2D eigenvalue weighted by molar-refractivity contribution is 7.80. The van der Waals surface area contributed by atoms with E-state index >= 15 is 0 Å². The Balaban J connectivity index is 2.09. The van der Waals surface area contributed by atoms with Crippen molar-refractivity contribution >= 4 is 29.3 Å². The fourth-order valence-corrected chi connectivity index (χ4v) is 2.29. The molecule has 0 aromatic heterocycles. The second kappa shape index (κ2) is 7.31. The molecule has 4 nitrogen and oxygen atoms in total. The monoisotopic (exact) mass is 326 g/mol. The van der Waals surface area contributed by atoms with Gasteiger partial charge >= 0.3 is 6.61 Å². The van der Waals surface area contributed by atoms with E-state index in [0.717, 1.165) is 12.8 Å². The van der Waals surface area contributed by atoms with Crippen LogP contribution in [0.3, 0.4) is 0 Å². The second-order valence-corrected chi connectivity index (χ2v) is 5.13. The number of benzene rings is 1. The maximum absolute atomic E-state index is 12.2. The Labute approximate surface area is 132 Å². The summed E-state index contributed by atoms with van der Waals surface area (Å²) in [6, 6.07) is 6.03. The minimum Gasteiger partial charge on any atom is -0.435 e. The summed E-state index contributed by atoms with van der Waals surface area (Å²) in [4.78, 5) is 13.7. The Morgan fingerprint density at radius 3 is 2.64 bits per heavy atom. The van der Waals surface area contributed by atoms with Crippen LogP contribution in [-0.4, -0.2) is 29.1 Å². The average Bonchev–Trinajstić information content (AvgIpc) is 2.73. The number of carbonyl (C=O) groups is 1. The van der Waals surface area contributed by atoms with Crippen LogP contribution in [0.4, 0.5) is 8.78 Å². The lowest BCUT2D eigenvalue weighted by molar-refractivity contribution is -0.122. The number of nitrogens with one attached hydrogen (secondary N) is 1. The molecule has 1 aliphatic heterocycles. The van der Waals surface area contributed by atoms with Crippen molar-refractivity contribution in [3.05, 3.63) is 35.5 Å². The van der Waals surface area contributed by atoms with Crippen LogP contribution in [0.25, 0.3) is 6.08 Å². The van der Waals surface area contributed by atoms with E-state index in [0.29, 0.717) is 22.9 Å². The molecule has 0 bridgehead atoms. The van der Waals surface area contributed by atoms with Gasteiger partial charge in [0.2, 0.25) is 0 Å². The van der Waals surface area contributed by atoms with E-state index in [1.165, 1.54) is 17.0 Å². The Morgan fingerprint density at radius 2 is 2.05 bits per heavy atom. The quantitative estimate of drug-likeness (QED) is 0.644. The minimum absolute atomic E-state index is 0.0722. The first-order valence-corrected chi connectivity index (χ1v) is 7.31. The Kier molecular flexibility index (Phi) is 5.43. The zero-order valence-corrected chi connectivity index (χ0v) is 12.8. The number of carbonyl (C=O) groups excluding carboxylic acids is 1. The summed E-state index contributed by atoms with van der Waals surface area (Å²) >= 11 is 5.14. The number of ether oxygens (including phenoxy) is 1. The highest BCUT2D eigenvalue weighted by Crippen LogP contribution is 2.18. The summed E-state index contributed by atoms with van der Waals surface area (Å²) in [6.07, 6.45) is 3.48. The zero-order chi connectivity index (χ0) is 16.1. The van der Waals surface area contributed by atoms with Gasteiger partial charge < -0.3 is 10.1 Å². The van der Waals surface area contributed by atoms with Crippen molar-refractivity contribution in [2.75, 3.05) is 6.54 Å². The number of rotatable bonds is 6. The van der Waals surface area contributed by atoms with Gasteiger partial charge in [-0.15, -0.1) is 0 Å².